The molecule has 17 heavy (non-hydrogen) atoms. The summed E-state index contributed by atoms with van der Waals surface area (Å²) < 4.78 is 12.7. The molecule has 1 aromatic carbocycles. The Labute approximate surface area is 107 Å². The molecule has 0 unspecified atom stereocenters. The third-order valence-electron chi connectivity index (χ3n) is 2.35. The van der Waals surface area contributed by atoms with E-state index in [-0.39, 0.29) is 24.1 Å². The van der Waals surface area contributed by atoms with Crippen LogP contribution in [0.2, 0.25) is 0 Å². The first-order valence-electron chi connectivity index (χ1n) is 5.32. The zero-order valence-corrected chi connectivity index (χ0v) is 10.7. The van der Waals surface area contributed by atoms with Crippen molar-refractivity contribution in [2.75, 3.05) is 13.6 Å². The highest BCUT2D eigenvalue weighted by atomic mass is 35.5. The van der Waals surface area contributed by atoms with Crippen molar-refractivity contribution in [3.05, 3.63) is 35.6 Å². The van der Waals surface area contributed by atoms with Crippen LogP contribution in [0.15, 0.2) is 24.3 Å². The van der Waals surface area contributed by atoms with Gasteiger partial charge in [0.05, 0.1) is 0 Å². The molecule has 3 nitrogen and oxygen atoms in total. The highest BCUT2D eigenvalue weighted by Crippen LogP contribution is 2.06. The Hall–Kier alpha value is -1.13. The molecule has 2 N–H and O–H groups in total. The van der Waals surface area contributed by atoms with Crippen LogP contribution in [0.1, 0.15) is 18.4 Å². The summed E-state index contributed by atoms with van der Waals surface area (Å²) >= 11 is 0. The molecule has 0 saturated carbocycles. The van der Waals surface area contributed by atoms with E-state index in [9.17, 15) is 9.18 Å². The number of rotatable bonds is 5. The maximum Gasteiger partial charge on any atom is 0.222 e. The largest absolute Gasteiger partial charge is 0.341 e. The smallest absolute Gasteiger partial charge is 0.222 e. The molecule has 0 aromatic heterocycles. The van der Waals surface area contributed by atoms with Crippen molar-refractivity contribution in [2.45, 2.75) is 19.4 Å². The first-order chi connectivity index (χ1) is 7.63. The van der Waals surface area contributed by atoms with Crippen molar-refractivity contribution in [2.24, 2.45) is 5.73 Å². The maximum absolute atomic E-state index is 12.7. The number of hydrogen-bond donors (Lipinski definition) is 1. The SMILES string of the molecule is CN(Cc1ccc(F)cc1)C(=O)CCCN.Cl. The monoisotopic (exact) mass is 260 g/mol. The molecule has 0 radical (unpaired) electrons. The van der Waals surface area contributed by atoms with Crippen molar-refractivity contribution in [3.63, 3.8) is 0 Å². The highest BCUT2D eigenvalue weighted by Gasteiger charge is 2.08. The van der Waals surface area contributed by atoms with Crippen molar-refractivity contribution < 1.29 is 9.18 Å². The lowest BCUT2D eigenvalue weighted by atomic mass is 10.2. The number of nitrogens with two attached hydrogens (primary N) is 1. The molecule has 96 valence electrons. The number of halogens is 2. The molecule has 1 rings (SSSR count). The van der Waals surface area contributed by atoms with Crippen molar-refractivity contribution in [1.82, 2.24) is 4.90 Å². The predicted octanol–water partition coefficient (Wildman–Crippen LogP) is 1.94. The molecule has 0 heterocycles. The van der Waals surface area contributed by atoms with Crippen LogP contribution in [0.4, 0.5) is 4.39 Å². The summed E-state index contributed by atoms with van der Waals surface area (Å²) in [5, 5.41) is 0. The first kappa shape index (κ1) is 15.9. The Bertz CT molecular complexity index is 343. The molecule has 0 spiro atoms. The van der Waals surface area contributed by atoms with Crippen LogP contribution in [0.3, 0.4) is 0 Å². The molecule has 0 aliphatic carbocycles. The minimum absolute atomic E-state index is 0. The van der Waals surface area contributed by atoms with E-state index in [1.807, 2.05) is 0 Å². The number of hydrogen-bond acceptors (Lipinski definition) is 2. The lowest BCUT2D eigenvalue weighted by Gasteiger charge is -2.17. The molecule has 1 aromatic rings. The Morgan fingerprint density at radius 3 is 2.47 bits per heavy atom. The fourth-order valence-electron chi connectivity index (χ4n) is 1.40. The van der Waals surface area contributed by atoms with E-state index in [0.717, 1.165) is 5.56 Å². The van der Waals surface area contributed by atoms with E-state index in [1.165, 1.54) is 12.1 Å². The van der Waals surface area contributed by atoms with Crippen molar-refractivity contribution in [1.29, 1.82) is 0 Å². The minimum Gasteiger partial charge on any atom is -0.341 e. The molecule has 1 amide bonds. The molecule has 0 saturated heterocycles. The van der Waals surface area contributed by atoms with E-state index in [2.05, 4.69) is 0 Å². The molecule has 5 heteroatoms. The van der Waals surface area contributed by atoms with E-state index < -0.39 is 0 Å². The van der Waals surface area contributed by atoms with Gasteiger partial charge in [-0.25, -0.2) is 4.39 Å². The van der Waals surface area contributed by atoms with Gasteiger partial charge in [0.2, 0.25) is 5.91 Å². The van der Waals surface area contributed by atoms with Gasteiger partial charge in [0.1, 0.15) is 5.82 Å². The molecule has 0 aliphatic heterocycles. The lowest BCUT2D eigenvalue weighted by Crippen LogP contribution is -2.26. The van der Waals surface area contributed by atoms with Gasteiger partial charge in [-0.2, -0.15) is 0 Å². The first-order valence-corrected chi connectivity index (χ1v) is 5.32. The van der Waals surface area contributed by atoms with Gasteiger partial charge in [0.15, 0.2) is 0 Å². The van der Waals surface area contributed by atoms with Crippen LogP contribution in [0.25, 0.3) is 0 Å². The number of amides is 1. The minimum atomic E-state index is -0.263. The summed E-state index contributed by atoms with van der Waals surface area (Å²) in [5.74, 6) is -0.198. The van der Waals surface area contributed by atoms with Crippen LogP contribution in [0, 0.1) is 5.82 Å². The standard InChI is InChI=1S/C12H17FN2O.ClH/c1-15(12(16)3-2-8-14)9-10-4-6-11(13)7-5-10;/h4-7H,2-3,8-9,14H2,1H3;1H. The predicted molar refractivity (Wildman–Crippen MR) is 68.4 cm³/mol. The van der Waals surface area contributed by atoms with E-state index in [1.54, 1.807) is 24.1 Å². The second kappa shape index (κ2) is 8.03. The van der Waals surface area contributed by atoms with Gasteiger partial charge in [-0.05, 0) is 30.7 Å². The summed E-state index contributed by atoms with van der Waals surface area (Å²) in [6.45, 7) is 1.03. The Morgan fingerprint density at radius 1 is 1.35 bits per heavy atom. The fraction of sp³-hybridized carbons (Fsp3) is 0.417. The average molecular weight is 261 g/mol. The van der Waals surface area contributed by atoms with Gasteiger partial charge in [-0.3, -0.25) is 4.79 Å². The van der Waals surface area contributed by atoms with Crippen LogP contribution < -0.4 is 5.73 Å². The summed E-state index contributed by atoms with van der Waals surface area (Å²) in [6, 6.07) is 6.16. The molecule has 0 aliphatic rings. The van der Waals surface area contributed by atoms with Gasteiger partial charge in [-0.1, -0.05) is 12.1 Å². The third kappa shape index (κ3) is 5.65. The Balaban J connectivity index is 0.00000256. The zero-order valence-electron chi connectivity index (χ0n) is 9.86. The topological polar surface area (TPSA) is 46.3 Å². The summed E-state index contributed by atoms with van der Waals surface area (Å²) in [6.07, 6.45) is 1.17. The molecular weight excluding hydrogens is 243 g/mol. The van der Waals surface area contributed by atoms with Gasteiger partial charge >= 0.3 is 0 Å². The molecular formula is C12H18ClFN2O. The zero-order chi connectivity index (χ0) is 12.0. The normalized spacial score (nSPS) is 9.59. The summed E-state index contributed by atoms with van der Waals surface area (Å²) in [4.78, 5) is 13.2. The number of nitrogens with zero attached hydrogens (tertiary/aromatic N) is 1. The van der Waals surface area contributed by atoms with Gasteiger partial charge < -0.3 is 10.6 Å². The molecule has 0 atom stereocenters. The maximum atomic E-state index is 12.7. The average Bonchev–Trinajstić information content (AvgIpc) is 2.29. The highest BCUT2D eigenvalue weighted by molar-refractivity contribution is 5.85. The van der Waals surface area contributed by atoms with Crippen molar-refractivity contribution >= 4 is 18.3 Å². The van der Waals surface area contributed by atoms with Gasteiger partial charge in [0, 0.05) is 20.0 Å². The second-order valence-corrected chi connectivity index (χ2v) is 3.77. The van der Waals surface area contributed by atoms with Crippen LogP contribution in [-0.4, -0.2) is 24.4 Å². The Kier molecular flexibility index (Phi) is 7.50. The molecule has 0 bridgehead atoms. The molecule has 0 fully saturated rings. The van der Waals surface area contributed by atoms with Crippen LogP contribution >= 0.6 is 12.4 Å². The number of benzene rings is 1. The van der Waals surface area contributed by atoms with E-state index in [0.29, 0.717) is 25.9 Å². The second-order valence-electron chi connectivity index (χ2n) is 3.77. The Morgan fingerprint density at radius 2 is 1.94 bits per heavy atom. The summed E-state index contributed by atoms with van der Waals surface area (Å²) in [7, 11) is 1.74. The van der Waals surface area contributed by atoms with Crippen molar-refractivity contribution in [3.8, 4) is 0 Å². The third-order valence-corrected chi connectivity index (χ3v) is 2.35. The van der Waals surface area contributed by atoms with E-state index >= 15 is 0 Å². The van der Waals surface area contributed by atoms with Gasteiger partial charge in [0.25, 0.3) is 0 Å². The number of carbonyl (C=O) groups excluding carboxylic acids is 1. The van der Waals surface area contributed by atoms with Crippen LogP contribution in [-0.2, 0) is 11.3 Å². The quantitative estimate of drug-likeness (QED) is 0.880. The summed E-state index contributed by atoms with van der Waals surface area (Å²) in [5.41, 5.74) is 6.26. The van der Waals surface area contributed by atoms with Gasteiger partial charge in [-0.15, -0.1) is 12.4 Å². The van der Waals surface area contributed by atoms with Crippen LogP contribution in [0.5, 0.6) is 0 Å². The van der Waals surface area contributed by atoms with E-state index in [4.69, 9.17) is 5.73 Å². The lowest BCUT2D eigenvalue weighted by molar-refractivity contribution is -0.130. The number of carbonyl (C=O) groups is 1. The fourth-order valence-corrected chi connectivity index (χ4v) is 1.40.